The third kappa shape index (κ3) is 3.74. The van der Waals surface area contributed by atoms with Crippen LogP contribution in [0.25, 0.3) is 10.8 Å². The molecule has 3 aromatic rings. The quantitative estimate of drug-likeness (QED) is 0.549. The first-order valence-corrected chi connectivity index (χ1v) is 9.81. The van der Waals surface area contributed by atoms with E-state index in [1.54, 1.807) is 18.2 Å². The molecule has 1 aliphatic heterocycles. The number of nitrogens with one attached hydrogen (secondary N) is 1. The second-order valence-corrected chi connectivity index (χ2v) is 7.61. The molecule has 1 heterocycles. The van der Waals surface area contributed by atoms with Crippen LogP contribution in [-0.4, -0.2) is 18.9 Å². The zero-order chi connectivity index (χ0) is 20.5. The van der Waals surface area contributed by atoms with Crippen LogP contribution >= 0.6 is 23.2 Å². The molecule has 4 rings (SSSR count). The van der Waals surface area contributed by atoms with E-state index in [0.717, 1.165) is 16.3 Å². The molecular formula is C23H18Cl2N2O2. The van der Waals surface area contributed by atoms with Crippen molar-refractivity contribution in [3.05, 3.63) is 93.1 Å². The summed E-state index contributed by atoms with van der Waals surface area (Å²) in [5.41, 5.74) is 2.70. The number of hydrogen-bond acceptors (Lipinski definition) is 4. The molecule has 0 spiro atoms. The van der Waals surface area contributed by atoms with Crippen LogP contribution in [-0.2, 0) is 9.53 Å². The van der Waals surface area contributed by atoms with Gasteiger partial charge in [0.15, 0.2) is 0 Å². The maximum absolute atomic E-state index is 12.5. The second-order valence-electron chi connectivity index (χ2n) is 6.76. The van der Waals surface area contributed by atoms with Crippen LogP contribution in [0.4, 0.5) is 0 Å². The van der Waals surface area contributed by atoms with Gasteiger partial charge in [-0.1, -0.05) is 65.7 Å². The van der Waals surface area contributed by atoms with E-state index in [9.17, 15) is 4.79 Å². The third-order valence-corrected chi connectivity index (χ3v) is 5.49. The lowest BCUT2D eigenvalue weighted by molar-refractivity contribution is -0.136. The molecule has 0 bridgehead atoms. The fourth-order valence-corrected chi connectivity index (χ4v) is 3.99. The topological polar surface area (TPSA) is 50.7 Å². The Morgan fingerprint density at radius 2 is 1.79 bits per heavy atom. The maximum atomic E-state index is 12.5. The Balaban J connectivity index is 1.85. The van der Waals surface area contributed by atoms with E-state index in [2.05, 4.69) is 23.5 Å². The molecule has 0 aromatic heterocycles. The average molecular weight is 425 g/mol. The summed E-state index contributed by atoms with van der Waals surface area (Å²) in [6, 6.07) is 18.8. The predicted molar refractivity (Wildman–Crippen MR) is 118 cm³/mol. The normalized spacial score (nSPS) is 16.4. The maximum Gasteiger partial charge on any atom is 0.338 e. The molecule has 1 N–H and O–H groups in total. The minimum absolute atomic E-state index is 0.418. The number of fused-ring (bicyclic) bond motifs is 1. The summed E-state index contributed by atoms with van der Waals surface area (Å²) in [6.07, 6.45) is 0. The van der Waals surface area contributed by atoms with Crippen LogP contribution in [0.15, 0.2) is 76.9 Å². The van der Waals surface area contributed by atoms with Gasteiger partial charge in [0.2, 0.25) is 0 Å². The number of allylic oxidation sites excluding steroid dienone is 1. The van der Waals surface area contributed by atoms with Crippen molar-refractivity contribution >= 4 is 45.8 Å². The first-order chi connectivity index (χ1) is 14.0. The van der Waals surface area contributed by atoms with Crippen molar-refractivity contribution in [2.24, 2.45) is 4.99 Å². The summed E-state index contributed by atoms with van der Waals surface area (Å²) < 4.78 is 5.00. The van der Waals surface area contributed by atoms with E-state index in [0.29, 0.717) is 32.7 Å². The minimum atomic E-state index is -0.602. The van der Waals surface area contributed by atoms with Crippen molar-refractivity contribution in [3.8, 4) is 0 Å². The van der Waals surface area contributed by atoms with Crippen molar-refractivity contribution in [2.45, 2.75) is 13.0 Å². The zero-order valence-corrected chi connectivity index (χ0v) is 17.4. The van der Waals surface area contributed by atoms with Gasteiger partial charge < -0.3 is 10.1 Å². The summed E-state index contributed by atoms with van der Waals surface area (Å²) in [7, 11) is 1.35. The molecule has 3 aromatic carbocycles. The molecule has 0 aliphatic carbocycles. The highest BCUT2D eigenvalue weighted by atomic mass is 35.5. The summed E-state index contributed by atoms with van der Waals surface area (Å²) in [5.74, 6) is 0.212. The van der Waals surface area contributed by atoms with Crippen LogP contribution in [0.1, 0.15) is 24.1 Å². The largest absolute Gasteiger partial charge is 0.466 e. The molecule has 0 fully saturated rings. The first kappa shape index (κ1) is 19.5. The Hall–Kier alpha value is -2.82. The number of benzene rings is 3. The van der Waals surface area contributed by atoms with Crippen molar-refractivity contribution < 1.29 is 9.53 Å². The van der Waals surface area contributed by atoms with Gasteiger partial charge in [0, 0.05) is 26.9 Å². The van der Waals surface area contributed by atoms with Gasteiger partial charge in [0.05, 0.1) is 12.7 Å². The zero-order valence-electron chi connectivity index (χ0n) is 15.9. The van der Waals surface area contributed by atoms with E-state index >= 15 is 0 Å². The molecule has 6 heteroatoms. The molecule has 1 atom stereocenters. The van der Waals surface area contributed by atoms with Gasteiger partial charge >= 0.3 is 5.97 Å². The third-order valence-electron chi connectivity index (χ3n) is 4.93. The van der Waals surface area contributed by atoms with E-state index in [4.69, 9.17) is 32.9 Å². The predicted octanol–water partition coefficient (Wildman–Crippen LogP) is 5.68. The van der Waals surface area contributed by atoms with Crippen molar-refractivity contribution in [1.82, 2.24) is 5.32 Å². The molecular weight excluding hydrogens is 407 g/mol. The van der Waals surface area contributed by atoms with Gasteiger partial charge in [-0.3, -0.25) is 4.99 Å². The van der Waals surface area contributed by atoms with Crippen LogP contribution in [0.2, 0.25) is 10.0 Å². The molecule has 0 saturated heterocycles. The lowest BCUT2D eigenvalue weighted by Crippen LogP contribution is -2.32. The van der Waals surface area contributed by atoms with Crippen LogP contribution < -0.4 is 5.32 Å². The van der Waals surface area contributed by atoms with Gasteiger partial charge in [-0.05, 0) is 35.9 Å². The van der Waals surface area contributed by atoms with E-state index in [-0.39, 0.29) is 0 Å². The van der Waals surface area contributed by atoms with Gasteiger partial charge in [-0.2, -0.15) is 0 Å². The first-order valence-electron chi connectivity index (χ1n) is 9.06. The van der Waals surface area contributed by atoms with E-state index in [1.807, 2.05) is 31.2 Å². The number of carbonyl (C=O) groups excluding carboxylic acids is 1. The number of nitrogens with zero attached hydrogens (tertiary/aromatic N) is 1. The van der Waals surface area contributed by atoms with Crippen molar-refractivity contribution in [3.63, 3.8) is 0 Å². The number of esters is 1. The number of methoxy groups -OCH3 is 1. The Kier molecular flexibility index (Phi) is 5.31. The highest BCUT2D eigenvalue weighted by molar-refractivity contribution is 6.35. The molecule has 0 saturated carbocycles. The molecule has 146 valence electrons. The van der Waals surface area contributed by atoms with Crippen LogP contribution in [0.5, 0.6) is 0 Å². The van der Waals surface area contributed by atoms with Crippen LogP contribution in [0, 0.1) is 0 Å². The number of halogens is 2. The summed E-state index contributed by atoms with van der Waals surface area (Å²) in [6.45, 7) is 1.83. The van der Waals surface area contributed by atoms with E-state index < -0.39 is 12.0 Å². The van der Waals surface area contributed by atoms with Crippen LogP contribution in [0.3, 0.4) is 0 Å². The van der Waals surface area contributed by atoms with Gasteiger partial charge in [-0.15, -0.1) is 0 Å². The summed E-state index contributed by atoms with van der Waals surface area (Å²) in [4.78, 5) is 17.3. The highest BCUT2D eigenvalue weighted by Crippen LogP contribution is 2.37. The molecule has 0 radical (unpaired) electrons. The SMILES string of the molecule is COC(=O)C1=C(C)NC(c2ccc3ccccc3c2)=NC1c1ccc(Cl)cc1Cl. The number of aliphatic imine (C=N–C) groups is 1. The Bertz CT molecular complexity index is 1180. The van der Waals surface area contributed by atoms with Gasteiger partial charge in [0.1, 0.15) is 11.9 Å². The number of amidine groups is 1. The van der Waals surface area contributed by atoms with Crippen molar-refractivity contribution in [1.29, 1.82) is 0 Å². The molecule has 1 unspecified atom stereocenters. The Morgan fingerprint density at radius 1 is 1.03 bits per heavy atom. The second kappa shape index (κ2) is 7.90. The lowest BCUT2D eigenvalue weighted by atomic mass is 9.95. The number of carbonyl (C=O) groups is 1. The Labute approximate surface area is 178 Å². The summed E-state index contributed by atoms with van der Waals surface area (Å²) in [5, 5.41) is 6.47. The van der Waals surface area contributed by atoms with E-state index in [1.165, 1.54) is 7.11 Å². The fourth-order valence-electron chi connectivity index (χ4n) is 3.48. The lowest BCUT2D eigenvalue weighted by Gasteiger charge is -2.26. The smallest absolute Gasteiger partial charge is 0.338 e. The molecule has 4 nitrogen and oxygen atoms in total. The number of hydrogen-bond donors (Lipinski definition) is 1. The minimum Gasteiger partial charge on any atom is -0.466 e. The highest BCUT2D eigenvalue weighted by Gasteiger charge is 2.31. The average Bonchev–Trinajstić information content (AvgIpc) is 2.72. The fraction of sp³-hybridized carbons (Fsp3) is 0.130. The molecule has 1 aliphatic rings. The number of ether oxygens (including phenoxy) is 1. The summed E-state index contributed by atoms with van der Waals surface area (Å²) >= 11 is 12.5. The number of rotatable bonds is 3. The molecule has 29 heavy (non-hydrogen) atoms. The van der Waals surface area contributed by atoms with Crippen molar-refractivity contribution in [2.75, 3.05) is 7.11 Å². The Morgan fingerprint density at radius 3 is 2.52 bits per heavy atom. The molecule has 0 amide bonds. The standard InChI is InChI=1S/C23H18Cl2N2O2/c1-13-20(23(28)29-2)21(18-10-9-17(24)12-19(18)25)27-22(26-13)16-8-7-14-5-3-4-6-15(14)11-16/h3-12,21H,1-2H3,(H,26,27). The van der Waals surface area contributed by atoms with Gasteiger partial charge in [-0.25, -0.2) is 4.79 Å². The monoisotopic (exact) mass is 424 g/mol. The van der Waals surface area contributed by atoms with Gasteiger partial charge in [0.25, 0.3) is 0 Å².